The van der Waals surface area contributed by atoms with Gasteiger partial charge in [0.1, 0.15) is 0 Å². The molecular weight excluding hydrogens is 320 g/mol. The van der Waals surface area contributed by atoms with Crippen LogP contribution in [0.3, 0.4) is 0 Å². The predicted octanol–water partition coefficient (Wildman–Crippen LogP) is -0.608. The maximum Gasteiger partial charge on any atom is 0.305 e. The SMILES string of the molecule is COC(=O)CCCN(C)CC(=O)NC1CS(=O)(=O)CC1Cl. The average molecular weight is 341 g/mol. The Morgan fingerprint density at radius 1 is 1.38 bits per heavy atom. The van der Waals surface area contributed by atoms with E-state index in [-0.39, 0.29) is 29.9 Å². The van der Waals surface area contributed by atoms with Crippen LogP contribution in [0.4, 0.5) is 0 Å². The van der Waals surface area contributed by atoms with E-state index in [1.54, 1.807) is 11.9 Å². The van der Waals surface area contributed by atoms with Gasteiger partial charge in [0, 0.05) is 6.42 Å². The summed E-state index contributed by atoms with van der Waals surface area (Å²) < 4.78 is 27.3. The minimum atomic E-state index is -3.16. The van der Waals surface area contributed by atoms with E-state index < -0.39 is 21.3 Å². The number of halogens is 1. The molecule has 1 saturated heterocycles. The molecule has 0 saturated carbocycles. The number of carbonyl (C=O) groups excluding carboxylic acids is 2. The third kappa shape index (κ3) is 6.62. The Balaban J connectivity index is 2.28. The van der Waals surface area contributed by atoms with Crippen molar-refractivity contribution in [1.29, 1.82) is 0 Å². The molecule has 0 bridgehead atoms. The Morgan fingerprint density at radius 2 is 2.05 bits per heavy atom. The fourth-order valence-corrected chi connectivity index (χ4v) is 4.66. The molecule has 0 aliphatic carbocycles. The number of hydrogen-bond donors (Lipinski definition) is 1. The number of nitrogens with one attached hydrogen (secondary N) is 1. The molecular formula is C12H21ClN2O5S. The molecule has 0 spiro atoms. The average Bonchev–Trinajstić information content (AvgIpc) is 2.61. The molecule has 0 aromatic heterocycles. The molecule has 21 heavy (non-hydrogen) atoms. The standard InChI is InChI=1S/C12H21ClN2O5S/c1-15(5-3-4-12(17)20-2)6-11(16)14-10-8-21(18,19)7-9(10)13/h9-10H,3-8H2,1-2H3,(H,14,16). The molecule has 1 heterocycles. The van der Waals surface area contributed by atoms with Crippen molar-refractivity contribution in [3.63, 3.8) is 0 Å². The van der Waals surface area contributed by atoms with Gasteiger partial charge in [0.25, 0.3) is 0 Å². The molecule has 9 heteroatoms. The Labute approximate surface area is 129 Å². The molecule has 1 fully saturated rings. The van der Waals surface area contributed by atoms with E-state index in [2.05, 4.69) is 10.1 Å². The second-order valence-electron chi connectivity index (χ2n) is 5.18. The Bertz CT molecular complexity index is 482. The summed E-state index contributed by atoms with van der Waals surface area (Å²) in [4.78, 5) is 24.5. The highest BCUT2D eigenvalue weighted by Crippen LogP contribution is 2.17. The number of rotatable bonds is 7. The van der Waals surface area contributed by atoms with E-state index in [1.807, 2.05) is 0 Å². The van der Waals surface area contributed by atoms with Crippen LogP contribution in [-0.2, 0) is 24.2 Å². The van der Waals surface area contributed by atoms with Crippen LogP contribution in [0.5, 0.6) is 0 Å². The molecule has 0 aromatic rings. The van der Waals surface area contributed by atoms with E-state index in [9.17, 15) is 18.0 Å². The van der Waals surface area contributed by atoms with Crippen LogP contribution in [-0.4, -0.2) is 75.4 Å². The smallest absolute Gasteiger partial charge is 0.305 e. The Hall–Kier alpha value is -0.860. The maximum absolute atomic E-state index is 11.8. The molecule has 1 N–H and O–H groups in total. The van der Waals surface area contributed by atoms with Crippen molar-refractivity contribution in [2.75, 3.05) is 38.8 Å². The van der Waals surface area contributed by atoms with E-state index in [0.717, 1.165) is 0 Å². The van der Waals surface area contributed by atoms with Crippen molar-refractivity contribution in [3.8, 4) is 0 Å². The van der Waals surface area contributed by atoms with Crippen molar-refractivity contribution in [3.05, 3.63) is 0 Å². The molecule has 2 unspecified atom stereocenters. The normalized spacial score (nSPS) is 24.0. The van der Waals surface area contributed by atoms with Crippen LogP contribution < -0.4 is 5.32 Å². The van der Waals surface area contributed by atoms with Gasteiger partial charge in [-0.15, -0.1) is 11.6 Å². The van der Waals surface area contributed by atoms with Crippen LogP contribution in [0, 0.1) is 0 Å². The van der Waals surface area contributed by atoms with Crippen molar-refractivity contribution in [2.45, 2.75) is 24.3 Å². The van der Waals surface area contributed by atoms with Gasteiger partial charge >= 0.3 is 5.97 Å². The summed E-state index contributed by atoms with van der Waals surface area (Å²) in [5.74, 6) is -0.773. The van der Waals surface area contributed by atoms with Gasteiger partial charge in [0.2, 0.25) is 5.91 Å². The largest absolute Gasteiger partial charge is 0.469 e. The zero-order valence-electron chi connectivity index (χ0n) is 12.2. The number of amides is 1. The lowest BCUT2D eigenvalue weighted by atomic mass is 10.2. The molecule has 0 aromatic carbocycles. The highest BCUT2D eigenvalue weighted by atomic mass is 35.5. The van der Waals surface area contributed by atoms with Gasteiger partial charge in [0.15, 0.2) is 9.84 Å². The van der Waals surface area contributed by atoms with E-state index in [4.69, 9.17) is 11.6 Å². The number of ether oxygens (including phenoxy) is 1. The van der Waals surface area contributed by atoms with Gasteiger partial charge in [-0.05, 0) is 20.0 Å². The summed E-state index contributed by atoms with van der Waals surface area (Å²) in [7, 11) is -0.0755. The molecule has 0 radical (unpaired) electrons. The molecule has 1 amide bonds. The second kappa shape index (κ2) is 7.95. The highest BCUT2D eigenvalue weighted by Gasteiger charge is 2.37. The number of carbonyl (C=O) groups is 2. The minimum absolute atomic E-state index is 0.103. The highest BCUT2D eigenvalue weighted by molar-refractivity contribution is 7.91. The molecule has 1 rings (SSSR count). The molecule has 1 aliphatic rings. The first-order chi connectivity index (χ1) is 9.73. The number of sulfone groups is 1. The van der Waals surface area contributed by atoms with Crippen molar-refractivity contribution >= 4 is 33.3 Å². The van der Waals surface area contributed by atoms with E-state index in [0.29, 0.717) is 19.4 Å². The van der Waals surface area contributed by atoms with Crippen LogP contribution >= 0.6 is 11.6 Å². The molecule has 7 nitrogen and oxygen atoms in total. The Kier molecular flexibility index (Phi) is 6.89. The van der Waals surface area contributed by atoms with Crippen molar-refractivity contribution in [1.82, 2.24) is 10.2 Å². The van der Waals surface area contributed by atoms with E-state index >= 15 is 0 Å². The number of methoxy groups -OCH3 is 1. The fraction of sp³-hybridized carbons (Fsp3) is 0.833. The lowest BCUT2D eigenvalue weighted by Gasteiger charge is -2.19. The van der Waals surface area contributed by atoms with Gasteiger partial charge in [-0.3, -0.25) is 14.5 Å². The topological polar surface area (TPSA) is 92.8 Å². The van der Waals surface area contributed by atoms with Crippen LogP contribution in [0.1, 0.15) is 12.8 Å². The van der Waals surface area contributed by atoms with Crippen LogP contribution in [0.25, 0.3) is 0 Å². The molecule has 2 atom stereocenters. The second-order valence-corrected chi connectivity index (χ2v) is 7.90. The number of alkyl halides is 1. The third-order valence-electron chi connectivity index (χ3n) is 3.19. The zero-order chi connectivity index (χ0) is 16.0. The molecule has 1 aliphatic heterocycles. The van der Waals surface area contributed by atoms with Gasteiger partial charge in [0.05, 0.1) is 36.6 Å². The first kappa shape index (κ1) is 18.2. The first-order valence-electron chi connectivity index (χ1n) is 6.62. The number of hydrogen-bond acceptors (Lipinski definition) is 6. The van der Waals surface area contributed by atoms with Crippen molar-refractivity contribution in [2.24, 2.45) is 0 Å². The van der Waals surface area contributed by atoms with Gasteiger partial charge in [-0.25, -0.2) is 8.42 Å². The zero-order valence-corrected chi connectivity index (χ0v) is 13.7. The van der Waals surface area contributed by atoms with Crippen molar-refractivity contribution < 1.29 is 22.7 Å². The lowest BCUT2D eigenvalue weighted by Crippen LogP contribution is -2.45. The summed E-state index contributed by atoms with van der Waals surface area (Å²) in [6.07, 6.45) is 0.888. The fourth-order valence-electron chi connectivity index (χ4n) is 2.11. The van der Waals surface area contributed by atoms with E-state index in [1.165, 1.54) is 7.11 Å². The van der Waals surface area contributed by atoms with Gasteiger partial charge in [-0.1, -0.05) is 0 Å². The lowest BCUT2D eigenvalue weighted by molar-refractivity contribution is -0.140. The first-order valence-corrected chi connectivity index (χ1v) is 8.88. The summed E-state index contributed by atoms with van der Waals surface area (Å²) in [5, 5.41) is 2.06. The van der Waals surface area contributed by atoms with Gasteiger partial charge < -0.3 is 10.1 Å². The summed E-state index contributed by atoms with van der Waals surface area (Å²) in [6.45, 7) is 0.692. The predicted molar refractivity (Wildman–Crippen MR) is 79.0 cm³/mol. The minimum Gasteiger partial charge on any atom is -0.469 e. The van der Waals surface area contributed by atoms with Crippen LogP contribution in [0.15, 0.2) is 0 Å². The summed E-state index contributed by atoms with van der Waals surface area (Å²) >= 11 is 5.92. The number of esters is 1. The maximum atomic E-state index is 11.8. The number of nitrogens with zero attached hydrogens (tertiary/aromatic N) is 1. The van der Waals surface area contributed by atoms with Crippen LogP contribution in [0.2, 0.25) is 0 Å². The third-order valence-corrected chi connectivity index (χ3v) is 5.57. The van der Waals surface area contributed by atoms with Gasteiger partial charge in [-0.2, -0.15) is 0 Å². The molecule has 122 valence electrons. The quantitative estimate of drug-likeness (QED) is 0.491. The summed E-state index contributed by atoms with van der Waals surface area (Å²) in [5.41, 5.74) is 0. The monoisotopic (exact) mass is 340 g/mol. The Morgan fingerprint density at radius 3 is 2.57 bits per heavy atom. The summed E-state index contributed by atoms with van der Waals surface area (Å²) in [6, 6.07) is -0.535. The number of likely N-dealkylation sites (N-methyl/N-ethyl adjacent to an activating group) is 1.